The van der Waals surface area contributed by atoms with E-state index in [4.69, 9.17) is 14.4 Å². The van der Waals surface area contributed by atoms with Gasteiger partial charge in [0.25, 0.3) is 10.1 Å². The summed E-state index contributed by atoms with van der Waals surface area (Å²) in [5.74, 6) is 0.301. The Bertz CT molecular complexity index is 1180. The second-order valence-electron chi connectivity index (χ2n) is 6.52. The highest BCUT2D eigenvalue weighted by Crippen LogP contribution is 2.18. The summed E-state index contributed by atoms with van der Waals surface area (Å²) in [4.78, 5) is 29.6. The summed E-state index contributed by atoms with van der Waals surface area (Å²) in [6, 6.07) is 5.18. The number of aryl methyl sites for hydroxylation is 1. The van der Waals surface area contributed by atoms with Gasteiger partial charge in [-0.1, -0.05) is 0 Å². The number of H-pyrrole nitrogens is 2. The summed E-state index contributed by atoms with van der Waals surface area (Å²) in [6.45, 7) is 0.518. The number of rotatable bonds is 12. The predicted octanol–water partition coefficient (Wildman–Crippen LogP) is 0.0260. The molecule has 0 aliphatic carbocycles. The van der Waals surface area contributed by atoms with Crippen LogP contribution in [-0.2, 0) is 21.3 Å². The molecular formula is C17H23N7O6S. The lowest BCUT2D eigenvalue weighted by molar-refractivity contribution is 0.0906. The summed E-state index contributed by atoms with van der Waals surface area (Å²) < 4.78 is 36.0. The van der Waals surface area contributed by atoms with Gasteiger partial charge in [-0.15, -0.1) is 0 Å². The number of nitrogens with one attached hydrogen (secondary N) is 4. The average molecular weight is 453 g/mol. The quantitative estimate of drug-likeness (QED) is 0.160. The number of aliphatic hydroxyl groups excluding tert-OH is 1. The van der Waals surface area contributed by atoms with Gasteiger partial charge in [0.2, 0.25) is 11.9 Å². The van der Waals surface area contributed by atoms with Crippen molar-refractivity contribution in [1.29, 1.82) is 0 Å². The third-order valence-electron chi connectivity index (χ3n) is 4.02. The fraction of sp³-hybridized carbons (Fsp3) is 0.412. The van der Waals surface area contributed by atoms with Crippen LogP contribution in [0.3, 0.4) is 0 Å². The van der Waals surface area contributed by atoms with Gasteiger partial charge in [0.1, 0.15) is 5.82 Å². The molecule has 0 saturated heterocycles. The minimum absolute atomic E-state index is 0.0571. The van der Waals surface area contributed by atoms with E-state index in [0.717, 1.165) is 0 Å². The van der Waals surface area contributed by atoms with Crippen LogP contribution in [-0.4, -0.2) is 75.1 Å². The van der Waals surface area contributed by atoms with Crippen LogP contribution < -0.4 is 16.3 Å². The smallest absolute Gasteiger partial charge is 0.323 e. The lowest BCUT2D eigenvalue weighted by Gasteiger charge is -2.10. The Kier molecular flexibility index (Phi) is 7.51. The third kappa shape index (κ3) is 7.29. The van der Waals surface area contributed by atoms with Gasteiger partial charge in [-0.05, 0) is 24.6 Å². The SMILES string of the molecule is O=c1[nH]c2ccc(Nc3nc(CCCOCCO)nc(NCCS(=O)(=O)O)n3)cc2[nH]1. The molecule has 0 aliphatic heterocycles. The number of anilines is 3. The summed E-state index contributed by atoms with van der Waals surface area (Å²) in [7, 11) is -4.12. The van der Waals surface area contributed by atoms with Crippen molar-refractivity contribution in [2.24, 2.45) is 0 Å². The van der Waals surface area contributed by atoms with Gasteiger partial charge in [-0.2, -0.15) is 23.4 Å². The number of imidazole rings is 1. The molecule has 3 aromatic rings. The molecule has 0 saturated carbocycles. The largest absolute Gasteiger partial charge is 0.394 e. The molecule has 0 unspecified atom stereocenters. The number of benzene rings is 1. The number of hydrogen-bond acceptors (Lipinski definition) is 10. The van der Waals surface area contributed by atoms with E-state index in [1.165, 1.54) is 0 Å². The molecule has 0 fully saturated rings. The van der Waals surface area contributed by atoms with Crippen LogP contribution in [0.4, 0.5) is 17.6 Å². The van der Waals surface area contributed by atoms with Crippen LogP contribution in [0.15, 0.2) is 23.0 Å². The molecule has 14 heteroatoms. The van der Waals surface area contributed by atoms with Crippen molar-refractivity contribution in [3.05, 3.63) is 34.5 Å². The second kappa shape index (κ2) is 10.3. The van der Waals surface area contributed by atoms with Gasteiger partial charge in [0.05, 0.1) is 30.0 Å². The van der Waals surface area contributed by atoms with Crippen molar-refractivity contribution in [3.8, 4) is 0 Å². The highest BCUT2D eigenvalue weighted by atomic mass is 32.2. The van der Waals surface area contributed by atoms with Crippen molar-refractivity contribution in [3.63, 3.8) is 0 Å². The van der Waals surface area contributed by atoms with Gasteiger partial charge in [-0.3, -0.25) is 4.55 Å². The molecule has 0 spiro atoms. The maximum Gasteiger partial charge on any atom is 0.323 e. The first-order valence-electron chi connectivity index (χ1n) is 9.44. The van der Waals surface area contributed by atoms with Gasteiger partial charge in [0, 0.05) is 25.3 Å². The molecule has 0 atom stereocenters. The van der Waals surface area contributed by atoms with Crippen LogP contribution in [0.2, 0.25) is 0 Å². The third-order valence-corrected chi connectivity index (χ3v) is 4.74. The van der Waals surface area contributed by atoms with Crippen molar-refractivity contribution in [2.75, 3.05) is 42.8 Å². The molecule has 0 amide bonds. The summed E-state index contributed by atoms with van der Waals surface area (Å²) >= 11 is 0. The Morgan fingerprint density at radius 1 is 1.06 bits per heavy atom. The Morgan fingerprint density at radius 3 is 2.61 bits per heavy atom. The number of hydrogen-bond donors (Lipinski definition) is 6. The number of ether oxygens (including phenoxy) is 1. The molecule has 3 rings (SSSR count). The van der Waals surface area contributed by atoms with Crippen LogP contribution in [0.1, 0.15) is 12.2 Å². The van der Waals surface area contributed by atoms with E-state index in [0.29, 0.717) is 42.0 Å². The maximum absolute atomic E-state index is 11.4. The van der Waals surface area contributed by atoms with E-state index < -0.39 is 15.9 Å². The first kappa shape index (κ1) is 22.6. The van der Waals surface area contributed by atoms with Crippen molar-refractivity contribution >= 4 is 38.7 Å². The summed E-state index contributed by atoms with van der Waals surface area (Å²) in [5, 5.41) is 14.5. The van der Waals surface area contributed by atoms with Crippen molar-refractivity contribution < 1.29 is 22.8 Å². The summed E-state index contributed by atoms with van der Waals surface area (Å²) in [6.07, 6.45) is 1.06. The number of nitrogens with zero attached hydrogens (tertiary/aromatic N) is 3. The van der Waals surface area contributed by atoms with Crippen molar-refractivity contribution in [1.82, 2.24) is 24.9 Å². The Labute approximate surface area is 177 Å². The number of aromatic amines is 2. The zero-order chi connectivity index (χ0) is 22.3. The Hall–Kier alpha value is -3.07. The molecular weight excluding hydrogens is 430 g/mol. The van der Waals surface area contributed by atoms with E-state index in [2.05, 4.69) is 35.6 Å². The number of aliphatic hydroxyl groups is 1. The van der Waals surface area contributed by atoms with Crippen LogP contribution in [0, 0.1) is 0 Å². The molecule has 0 radical (unpaired) electrons. The molecule has 31 heavy (non-hydrogen) atoms. The van der Waals surface area contributed by atoms with E-state index >= 15 is 0 Å². The molecule has 6 N–H and O–H groups in total. The van der Waals surface area contributed by atoms with Gasteiger partial charge >= 0.3 is 5.69 Å². The molecule has 168 valence electrons. The van der Waals surface area contributed by atoms with Crippen LogP contribution >= 0.6 is 0 Å². The minimum Gasteiger partial charge on any atom is -0.394 e. The topological polar surface area (TPSA) is 195 Å². The molecule has 0 bridgehead atoms. The zero-order valence-electron chi connectivity index (χ0n) is 16.5. The summed E-state index contributed by atoms with van der Waals surface area (Å²) in [5.41, 5.74) is 1.57. The normalized spacial score (nSPS) is 11.7. The first-order chi connectivity index (χ1) is 14.8. The van der Waals surface area contributed by atoms with E-state index in [1.54, 1.807) is 18.2 Å². The average Bonchev–Trinajstić information content (AvgIpc) is 3.06. The predicted molar refractivity (Wildman–Crippen MR) is 113 cm³/mol. The Balaban J connectivity index is 1.75. The number of fused-ring (bicyclic) bond motifs is 1. The molecule has 13 nitrogen and oxygen atoms in total. The lowest BCUT2D eigenvalue weighted by Crippen LogP contribution is -2.17. The zero-order valence-corrected chi connectivity index (χ0v) is 17.3. The lowest BCUT2D eigenvalue weighted by atomic mass is 10.3. The fourth-order valence-corrected chi connectivity index (χ4v) is 3.06. The van der Waals surface area contributed by atoms with Crippen molar-refractivity contribution in [2.45, 2.75) is 12.8 Å². The first-order valence-corrected chi connectivity index (χ1v) is 11.0. The van der Waals surface area contributed by atoms with Gasteiger partial charge in [0.15, 0.2) is 0 Å². The van der Waals surface area contributed by atoms with E-state index in [9.17, 15) is 13.2 Å². The minimum atomic E-state index is -4.12. The fourth-order valence-electron chi connectivity index (χ4n) is 2.70. The highest BCUT2D eigenvalue weighted by molar-refractivity contribution is 7.85. The standard InChI is InChI=1S/C17H23N7O6S/c25-6-8-30-7-1-2-14-22-15(18-5-9-31(27,28)29)24-16(23-14)19-11-3-4-12-13(10-11)21-17(26)20-12/h3-4,10,25H,1-2,5-9H2,(H2,20,21,26)(H,27,28,29)(H2,18,19,22,23,24). The Morgan fingerprint density at radius 2 is 1.84 bits per heavy atom. The van der Waals surface area contributed by atoms with Gasteiger partial charge < -0.3 is 30.4 Å². The molecule has 2 aromatic heterocycles. The van der Waals surface area contributed by atoms with E-state index in [1.807, 2.05) is 0 Å². The monoisotopic (exact) mass is 453 g/mol. The highest BCUT2D eigenvalue weighted by Gasteiger charge is 2.10. The second-order valence-corrected chi connectivity index (χ2v) is 8.09. The van der Waals surface area contributed by atoms with Crippen LogP contribution in [0.5, 0.6) is 0 Å². The molecule has 1 aromatic carbocycles. The van der Waals surface area contributed by atoms with Gasteiger partial charge in [-0.25, -0.2) is 4.79 Å². The molecule has 0 aliphatic rings. The maximum atomic E-state index is 11.4. The molecule has 2 heterocycles. The number of aromatic nitrogens is 5. The van der Waals surface area contributed by atoms with E-state index in [-0.39, 0.29) is 37.3 Å². The van der Waals surface area contributed by atoms with Crippen LogP contribution in [0.25, 0.3) is 11.0 Å².